The molecule has 2 saturated carbocycles. The molecular formula is C23H21BrN6O. The summed E-state index contributed by atoms with van der Waals surface area (Å²) >= 11 is 3.43. The highest BCUT2D eigenvalue weighted by Crippen LogP contribution is 2.71. The van der Waals surface area contributed by atoms with Gasteiger partial charge in [-0.1, -0.05) is 0 Å². The van der Waals surface area contributed by atoms with Crippen molar-refractivity contribution in [1.82, 2.24) is 24.8 Å². The number of nitrogens with zero attached hydrogens (tertiary/aromatic N) is 5. The van der Waals surface area contributed by atoms with Crippen LogP contribution in [0.25, 0.3) is 11.4 Å². The van der Waals surface area contributed by atoms with Crippen molar-refractivity contribution in [2.45, 2.75) is 31.8 Å². The SMILES string of the molecule is Cc1ccc(-c2ncccn2)c(C(=O)N2CC3CC34CC(Nc3ccc(Br)cn3)C24)n1. The Hall–Kier alpha value is -2.87. The number of nitrogens with one attached hydrogen (secondary N) is 1. The Bertz CT molecular complexity index is 1170. The molecule has 8 heteroatoms. The predicted molar refractivity (Wildman–Crippen MR) is 119 cm³/mol. The largest absolute Gasteiger partial charge is 0.365 e. The molecule has 1 N–H and O–H groups in total. The van der Waals surface area contributed by atoms with Crippen molar-refractivity contribution >= 4 is 27.7 Å². The van der Waals surface area contributed by atoms with Crippen LogP contribution in [-0.4, -0.2) is 49.4 Å². The number of aromatic nitrogens is 4. The molecule has 2 aliphatic carbocycles. The molecule has 3 aromatic rings. The number of amides is 1. The number of aryl methyl sites for hydroxylation is 1. The third-order valence-corrected chi connectivity index (χ3v) is 7.44. The summed E-state index contributed by atoms with van der Waals surface area (Å²) in [6.45, 7) is 2.70. The van der Waals surface area contributed by atoms with Gasteiger partial charge in [0.1, 0.15) is 11.5 Å². The fourth-order valence-electron chi connectivity index (χ4n) is 5.48. The van der Waals surface area contributed by atoms with Crippen LogP contribution >= 0.6 is 15.9 Å². The van der Waals surface area contributed by atoms with Crippen molar-refractivity contribution in [3.05, 3.63) is 64.8 Å². The van der Waals surface area contributed by atoms with Crippen molar-refractivity contribution in [3.8, 4) is 11.4 Å². The number of hydrogen-bond acceptors (Lipinski definition) is 6. The molecular weight excluding hydrogens is 456 g/mol. The summed E-state index contributed by atoms with van der Waals surface area (Å²) in [5.74, 6) is 1.93. The molecule has 1 saturated heterocycles. The first-order chi connectivity index (χ1) is 15.0. The van der Waals surface area contributed by atoms with Crippen LogP contribution in [-0.2, 0) is 0 Å². The first-order valence-corrected chi connectivity index (χ1v) is 11.3. The number of carbonyl (C=O) groups excluding carboxylic acids is 1. The van der Waals surface area contributed by atoms with E-state index in [0.29, 0.717) is 23.0 Å². The van der Waals surface area contributed by atoms with Crippen molar-refractivity contribution in [2.24, 2.45) is 11.3 Å². The van der Waals surface area contributed by atoms with Crippen LogP contribution in [0, 0.1) is 18.3 Å². The van der Waals surface area contributed by atoms with Gasteiger partial charge in [-0.2, -0.15) is 0 Å². The van der Waals surface area contributed by atoms with Crippen molar-refractivity contribution in [2.75, 3.05) is 11.9 Å². The van der Waals surface area contributed by atoms with Crippen molar-refractivity contribution in [1.29, 1.82) is 0 Å². The lowest BCUT2D eigenvalue weighted by atomic mass is 9.71. The molecule has 4 atom stereocenters. The summed E-state index contributed by atoms with van der Waals surface area (Å²) in [6, 6.07) is 9.88. The molecule has 3 aliphatic rings. The van der Waals surface area contributed by atoms with Crippen molar-refractivity contribution in [3.63, 3.8) is 0 Å². The molecule has 31 heavy (non-hydrogen) atoms. The van der Waals surface area contributed by atoms with Gasteiger partial charge < -0.3 is 10.2 Å². The van der Waals surface area contributed by atoms with Gasteiger partial charge >= 0.3 is 0 Å². The third kappa shape index (κ3) is 2.96. The monoisotopic (exact) mass is 476 g/mol. The maximum atomic E-state index is 13.7. The van der Waals surface area contributed by atoms with Gasteiger partial charge in [-0.15, -0.1) is 0 Å². The molecule has 6 rings (SSSR count). The maximum absolute atomic E-state index is 13.7. The van der Waals surface area contributed by atoms with Crippen LogP contribution in [0.1, 0.15) is 29.0 Å². The first kappa shape index (κ1) is 18.9. The van der Waals surface area contributed by atoms with E-state index in [9.17, 15) is 4.79 Å². The fourth-order valence-corrected chi connectivity index (χ4v) is 5.72. The van der Waals surface area contributed by atoms with E-state index in [1.165, 1.54) is 6.42 Å². The second-order valence-corrected chi connectivity index (χ2v) is 9.69. The Morgan fingerprint density at radius 2 is 2.00 bits per heavy atom. The Morgan fingerprint density at radius 3 is 2.77 bits per heavy atom. The van der Waals surface area contributed by atoms with Crippen LogP contribution in [0.5, 0.6) is 0 Å². The average molecular weight is 477 g/mol. The molecule has 3 aromatic heterocycles. The quantitative estimate of drug-likeness (QED) is 0.617. The lowest BCUT2D eigenvalue weighted by molar-refractivity contribution is 0.0466. The van der Waals surface area contributed by atoms with Crippen molar-refractivity contribution < 1.29 is 4.79 Å². The molecule has 7 nitrogen and oxygen atoms in total. The Labute approximate surface area is 188 Å². The van der Waals surface area contributed by atoms with E-state index in [-0.39, 0.29) is 23.4 Å². The van der Waals surface area contributed by atoms with Gasteiger partial charge in [0.25, 0.3) is 5.91 Å². The Balaban J connectivity index is 1.31. The number of piperidine rings is 1. The molecule has 0 radical (unpaired) electrons. The first-order valence-electron chi connectivity index (χ1n) is 10.5. The normalized spacial score (nSPS) is 27.8. The van der Waals surface area contributed by atoms with Gasteiger partial charge in [-0.05, 0) is 77.4 Å². The Kier molecular flexibility index (Phi) is 4.15. The second-order valence-electron chi connectivity index (χ2n) is 8.77. The number of halogens is 1. The van der Waals surface area contributed by atoms with E-state index >= 15 is 0 Å². The highest BCUT2D eigenvalue weighted by molar-refractivity contribution is 9.10. The topological polar surface area (TPSA) is 83.9 Å². The van der Waals surface area contributed by atoms with E-state index in [2.05, 4.69) is 41.2 Å². The summed E-state index contributed by atoms with van der Waals surface area (Å²) in [5, 5.41) is 3.55. The van der Waals surface area contributed by atoms with Crippen LogP contribution in [0.4, 0.5) is 5.82 Å². The second kappa shape index (κ2) is 6.82. The number of likely N-dealkylation sites (tertiary alicyclic amines) is 1. The Morgan fingerprint density at radius 1 is 1.16 bits per heavy atom. The van der Waals surface area contributed by atoms with Crippen LogP contribution < -0.4 is 5.32 Å². The zero-order chi connectivity index (χ0) is 21.2. The van der Waals surface area contributed by atoms with E-state index in [1.54, 1.807) is 24.7 Å². The number of carbonyl (C=O) groups is 1. The zero-order valence-electron chi connectivity index (χ0n) is 17.0. The van der Waals surface area contributed by atoms with Gasteiger partial charge in [0.15, 0.2) is 5.82 Å². The van der Waals surface area contributed by atoms with Crippen LogP contribution in [0.2, 0.25) is 0 Å². The highest BCUT2D eigenvalue weighted by Gasteiger charge is 2.75. The standard InChI is InChI=1S/C23H21BrN6O/c1-13-3-5-16(21-25-7-2-8-26-21)19(28-13)22(31)30-12-14-9-23(14)10-17(20(23)30)29-18-6-4-15(24)11-27-18/h2-8,11,14,17,20H,9-10,12H2,1H3,(H,27,29). The minimum absolute atomic E-state index is 0.0296. The van der Waals surface area contributed by atoms with Gasteiger partial charge in [0, 0.05) is 41.3 Å². The highest BCUT2D eigenvalue weighted by atomic mass is 79.9. The van der Waals surface area contributed by atoms with Gasteiger partial charge in [0.05, 0.1) is 11.6 Å². The maximum Gasteiger partial charge on any atom is 0.273 e. The zero-order valence-corrected chi connectivity index (χ0v) is 18.6. The number of hydrogen-bond donors (Lipinski definition) is 1. The third-order valence-electron chi connectivity index (χ3n) is 6.97. The lowest BCUT2D eigenvalue weighted by Crippen LogP contribution is -2.60. The minimum atomic E-state index is -0.0296. The van der Waals surface area contributed by atoms with Gasteiger partial charge in [-0.25, -0.2) is 19.9 Å². The van der Waals surface area contributed by atoms with Crippen LogP contribution in [0.3, 0.4) is 0 Å². The summed E-state index contributed by atoms with van der Waals surface area (Å²) in [6.07, 6.45) is 7.46. The summed E-state index contributed by atoms with van der Waals surface area (Å²) in [4.78, 5) is 33.6. The lowest BCUT2D eigenvalue weighted by Gasteiger charge is -2.48. The molecule has 0 aromatic carbocycles. The molecule has 3 fully saturated rings. The molecule has 1 spiro atoms. The number of pyridine rings is 2. The van der Waals surface area contributed by atoms with Crippen LogP contribution in [0.15, 0.2) is 53.4 Å². The molecule has 1 amide bonds. The minimum Gasteiger partial charge on any atom is -0.365 e. The molecule has 1 aliphatic heterocycles. The predicted octanol–water partition coefficient (Wildman–Crippen LogP) is 3.72. The van der Waals surface area contributed by atoms with E-state index in [0.717, 1.165) is 29.0 Å². The van der Waals surface area contributed by atoms with E-state index < -0.39 is 0 Å². The number of anilines is 1. The molecule has 4 heterocycles. The number of rotatable bonds is 4. The summed E-state index contributed by atoms with van der Waals surface area (Å²) < 4.78 is 0.948. The van der Waals surface area contributed by atoms with Gasteiger partial charge in [-0.3, -0.25) is 4.79 Å². The fraction of sp³-hybridized carbons (Fsp3) is 0.348. The molecule has 156 valence electrons. The van der Waals surface area contributed by atoms with Gasteiger partial charge in [0.2, 0.25) is 0 Å². The molecule has 4 unspecified atom stereocenters. The average Bonchev–Trinajstić information content (AvgIpc) is 3.43. The summed E-state index contributed by atoms with van der Waals surface area (Å²) in [5.41, 5.74) is 2.21. The van der Waals surface area contributed by atoms with E-state index in [1.807, 2.05) is 36.1 Å². The molecule has 0 bridgehead atoms. The van der Waals surface area contributed by atoms with E-state index in [4.69, 9.17) is 0 Å². The smallest absolute Gasteiger partial charge is 0.273 e. The summed E-state index contributed by atoms with van der Waals surface area (Å²) in [7, 11) is 0.